The summed E-state index contributed by atoms with van der Waals surface area (Å²) in [5.41, 5.74) is 7.90. The fourth-order valence-electron chi connectivity index (χ4n) is 4.08. The van der Waals surface area contributed by atoms with Crippen molar-refractivity contribution in [2.75, 3.05) is 13.7 Å². The molecule has 0 aliphatic rings. The number of benzene rings is 1. The number of hydrogen-bond donors (Lipinski definition) is 3. The number of nitrogens with two attached hydrogens (primary N) is 1. The Balaban J connectivity index is 1.99. The lowest BCUT2D eigenvalue weighted by Gasteiger charge is -2.21. The highest BCUT2D eigenvalue weighted by Crippen LogP contribution is 2.23. The molecule has 2 atom stereocenters. The molecule has 2 rings (SSSR count). The number of rotatable bonds is 16. The van der Waals surface area contributed by atoms with Crippen LogP contribution in [-0.4, -0.2) is 48.1 Å². The number of hydrogen-bond acceptors (Lipinski definition) is 5. The molecular weight excluding hydrogens is 444 g/mol. The second-order valence-corrected chi connectivity index (χ2v) is 8.48. The van der Waals surface area contributed by atoms with Gasteiger partial charge in [0.2, 0.25) is 11.8 Å². The van der Waals surface area contributed by atoms with E-state index in [9.17, 15) is 14.4 Å². The number of aryl methyl sites for hydroxylation is 1. The van der Waals surface area contributed by atoms with Gasteiger partial charge in [-0.3, -0.25) is 9.59 Å². The van der Waals surface area contributed by atoms with E-state index in [0.29, 0.717) is 25.8 Å². The Labute approximate surface area is 207 Å². The molecule has 2 amide bonds. The van der Waals surface area contributed by atoms with Crippen LogP contribution in [0, 0.1) is 0 Å². The van der Waals surface area contributed by atoms with E-state index in [1.165, 1.54) is 24.1 Å². The summed E-state index contributed by atoms with van der Waals surface area (Å²) in [6.45, 7) is 8.67. The maximum Gasteiger partial charge on any atom is 0.328 e. The van der Waals surface area contributed by atoms with Crippen LogP contribution in [0.3, 0.4) is 0 Å². The molecule has 0 aliphatic heterocycles. The molecule has 0 spiro atoms. The normalized spacial score (nSPS) is 12.5. The van der Waals surface area contributed by atoms with E-state index in [0.717, 1.165) is 24.9 Å². The van der Waals surface area contributed by atoms with E-state index in [1.54, 1.807) is 0 Å². The summed E-state index contributed by atoms with van der Waals surface area (Å²) < 4.78 is 6.90. The molecule has 190 valence electrons. The predicted molar refractivity (Wildman–Crippen MR) is 139 cm³/mol. The Morgan fingerprint density at radius 1 is 1.09 bits per heavy atom. The molecule has 1 aromatic carbocycles. The maximum absolute atomic E-state index is 12.9. The average Bonchev–Trinajstić information content (AvgIpc) is 3.20. The number of fused-ring (bicyclic) bond motifs is 1. The van der Waals surface area contributed by atoms with E-state index in [4.69, 9.17) is 10.5 Å². The largest absolute Gasteiger partial charge is 0.467 e. The number of nitrogens with zero attached hydrogens (tertiary/aromatic N) is 1. The van der Waals surface area contributed by atoms with Gasteiger partial charge in [-0.05, 0) is 56.7 Å². The number of carbonyl (C=O) groups is 3. The van der Waals surface area contributed by atoms with Crippen LogP contribution in [0.2, 0.25) is 0 Å². The van der Waals surface area contributed by atoms with Crippen LogP contribution in [-0.2, 0) is 32.1 Å². The van der Waals surface area contributed by atoms with Gasteiger partial charge in [0.1, 0.15) is 12.1 Å². The molecule has 0 saturated heterocycles. The molecule has 0 fully saturated rings. The Morgan fingerprint density at radius 2 is 1.86 bits per heavy atom. The SMILES string of the molecule is C=CC[C@H](NC(=O)[C@H](CCCCN)NC(=O)CCCc1cn(CC=C)c2ccccc12)C(=O)OC. The summed E-state index contributed by atoms with van der Waals surface area (Å²) in [6.07, 6.45) is 9.28. The number of amides is 2. The molecule has 0 aliphatic carbocycles. The summed E-state index contributed by atoms with van der Waals surface area (Å²) in [7, 11) is 1.26. The van der Waals surface area contributed by atoms with Crippen molar-refractivity contribution in [3.63, 3.8) is 0 Å². The van der Waals surface area contributed by atoms with Gasteiger partial charge in [-0.15, -0.1) is 13.2 Å². The van der Waals surface area contributed by atoms with Gasteiger partial charge in [0.25, 0.3) is 0 Å². The molecular formula is C27H38N4O4. The summed E-state index contributed by atoms with van der Waals surface area (Å²) in [6, 6.07) is 6.59. The lowest BCUT2D eigenvalue weighted by Crippen LogP contribution is -2.51. The Bertz CT molecular complexity index is 1010. The number of para-hydroxylation sites is 1. The summed E-state index contributed by atoms with van der Waals surface area (Å²) in [5, 5.41) is 6.69. The van der Waals surface area contributed by atoms with Crippen molar-refractivity contribution in [3.05, 3.63) is 61.3 Å². The third kappa shape index (κ3) is 8.40. The van der Waals surface area contributed by atoms with Crippen LogP contribution in [0.4, 0.5) is 0 Å². The van der Waals surface area contributed by atoms with Crippen LogP contribution in [0.5, 0.6) is 0 Å². The molecule has 1 aromatic heterocycles. The third-order valence-corrected chi connectivity index (χ3v) is 5.85. The van der Waals surface area contributed by atoms with E-state index in [1.807, 2.05) is 18.2 Å². The molecule has 0 unspecified atom stereocenters. The van der Waals surface area contributed by atoms with E-state index >= 15 is 0 Å². The first kappa shape index (κ1) is 27.9. The van der Waals surface area contributed by atoms with Gasteiger partial charge in [-0.2, -0.15) is 0 Å². The first-order valence-electron chi connectivity index (χ1n) is 12.1. The number of nitrogens with one attached hydrogen (secondary N) is 2. The minimum absolute atomic E-state index is 0.203. The minimum atomic E-state index is -0.841. The molecule has 8 nitrogen and oxygen atoms in total. The molecule has 35 heavy (non-hydrogen) atoms. The lowest BCUT2D eigenvalue weighted by atomic mass is 10.1. The number of methoxy groups -OCH3 is 1. The van der Waals surface area contributed by atoms with Gasteiger partial charge in [-0.25, -0.2) is 4.79 Å². The van der Waals surface area contributed by atoms with Gasteiger partial charge >= 0.3 is 5.97 Å². The zero-order valence-electron chi connectivity index (χ0n) is 20.6. The third-order valence-electron chi connectivity index (χ3n) is 5.85. The fourth-order valence-corrected chi connectivity index (χ4v) is 4.08. The van der Waals surface area contributed by atoms with Crippen LogP contribution in [0.1, 0.15) is 44.1 Å². The van der Waals surface area contributed by atoms with E-state index in [2.05, 4.69) is 46.7 Å². The molecule has 8 heteroatoms. The summed E-state index contributed by atoms with van der Waals surface area (Å²) in [5.74, 6) is -1.17. The molecule has 0 saturated carbocycles. The number of allylic oxidation sites excluding steroid dienone is 1. The van der Waals surface area contributed by atoms with Crippen molar-refractivity contribution < 1.29 is 19.1 Å². The van der Waals surface area contributed by atoms with Crippen molar-refractivity contribution in [1.29, 1.82) is 0 Å². The van der Waals surface area contributed by atoms with E-state index in [-0.39, 0.29) is 18.7 Å². The second-order valence-electron chi connectivity index (χ2n) is 8.48. The second kappa shape index (κ2) is 14.8. The van der Waals surface area contributed by atoms with Crippen LogP contribution in [0.15, 0.2) is 55.8 Å². The van der Waals surface area contributed by atoms with Gasteiger partial charge in [0.05, 0.1) is 7.11 Å². The first-order chi connectivity index (χ1) is 16.9. The fraction of sp³-hybridized carbons (Fsp3) is 0.444. The van der Waals surface area contributed by atoms with Gasteiger partial charge in [0.15, 0.2) is 0 Å². The topological polar surface area (TPSA) is 115 Å². The van der Waals surface area contributed by atoms with Crippen molar-refractivity contribution in [3.8, 4) is 0 Å². The smallest absolute Gasteiger partial charge is 0.328 e. The van der Waals surface area contributed by atoms with Crippen molar-refractivity contribution >= 4 is 28.7 Å². The van der Waals surface area contributed by atoms with Crippen molar-refractivity contribution in [2.24, 2.45) is 5.73 Å². The van der Waals surface area contributed by atoms with Crippen LogP contribution >= 0.6 is 0 Å². The standard InChI is InChI=1S/C27H38N4O4/c1-4-11-23(27(34)35-3)30-26(33)22(14-8-9-17-28)29-25(32)16-10-12-20-19-31(18-5-2)24-15-7-6-13-21(20)24/h4-7,13,15,19,22-23H,1-2,8-12,14,16-18,28H2,3H3,(H,29,32)(H,30,33)/t22-,23-/m0/s1. The summed E-state index contributed by atoms with van der Waals surface area (Å²) in [4.78, 5) is 37.5. The lowest BCUT2D eigenvalue weighted by molar-refractivity contribution is -0.145. The number of aromatic nitrogens is 1. The highest BCUT2D eigenvalue weighted by molar-refractivity contribution is 5.91. The van der Waals surface area contributed by atoms with Gasteiger partial charge in [0, 0.05) is 30.1 Å². The first-order valence-corrected chi connectivity index (χ1v) is 12.1. The number of unbranched alkanes of at least 4 members (excludes halogenated alkanes) is 1. The zero-order valence-corrected chi connectivity index (χ0v) is 20.6. The van der Waals surface area contributed by atoms with E-state index < -0.39 is 24.0 Å². The van der Waals surface area contributed by atoms with Crippen molar-refractivity contribution in [2.45, 2.75) is 63.6 Å². The maximum atomic E-state index is 12.9. The Hall–Kier alpha value is -3.39. The average molecular weight is 483 g/mol. The molecule has 0 radical (unpaired) electrons. The quantitative estimate of drug-likeness (QED) is 0.193. The molecule has 1 heterocycles. The number of carbonyl (C=O) groups excluding carboxylic acids is 3. The summed E-state index contributed by atoms with van der Waals surface area (Å²) >= 11 is 0. The molecule has 0 bridgehead atoms. The number of ether oxygens (including phenoxy) is 1. The monoisotopic (exact) mass is 482 g/mol. The minimum Gasteiger partial charge on any atom is -0.467 e. The van der Waals surface area contributed by atoms with Gasteiger partial charge < -0.3 is 25.7 Å². The van der Waals surface area contributed by atoms with Crippen molar-refractivity contribution in [1.82, 2.24) is 15.2 Å². The zero-order chi connectivity index (χ0) is 25.6. The number of esters is 1. The predicted octanol–water partition coefficient (Wildman–Crippen LogP) is 3.00. The van der Waals surface area contributed by atoms with Gasteiger partial charge in [-0.1, -0.05) is 30.4 Å². The Kier molecular flexibility index (Phi) is 11.8. The molecule has 2 aromatic rings. The van der Waals surface area contributed by atoms with Crippen LogP contribution in [0.25, 0.3) is 10.9 Å². The van der Waals surface area contributed by atoms with Crippen LogP contribution < -0.4 is 16.4 Å². The highest BCUT2D eigenvalue weighted by Gasteiger charge is 2.26. The molecule has 4 N–H and O–H groups in total. The highest BCUT2D eigenvalue weighted by atomic mass is 16.5. The Morgan fingerprint density at radius 3 is 2.54 bits per heavy atom.